The van der Waals surface area contributed by atoms with Gasteiger partial charge in [-0.25, -0.2) is 0 Å². The second-order valence-corrected chi connectivity index (χ2v) is 4.61. The van der Waals surface area contributed by atoms with Gasteiger partial charge in [0.15, 0.2) is 0 Å². The summed E-state index contributed by atoms with van der Waals surface area (Å²) in [6.45, 7) is 2.27. The number of nitrogens with zero attached hydrogens (tertiary/aromatic N) is 2. The molecule has 1 saturated carbocycles. The zero-order chi connectivity index (χ0) is 10.7. The van der Waals surface area contributed by atoms with Crippen molar-refractivity contribution in [3.8, 4) is 6.07 Å². The first-order chi connectivity index (χ1) is 7.27. The number of hydrogen-bond donors (Lipinski definition) is 0. The molecule has 0 radical (unpaired) electrons. The Hall–Kier alpha value is -1.36. The first kappa shape index (κ1) is 10.2. The van der Waals surface area contributed by atoms with E-state index in [1.807, 2.05) is 12.1 Å². The lowest BCUT2D eigenvalue weighted by Crippen LogP contribution is -2.29. The first-order valence-electron chi connectivity index (χ1n) is 5.58. The first-order valence-corrected chi connectivity index (χ1v) is 5.58. The summed E-state index contributed by atoms with van der Waals surface area (Å²) in [6.07, 6.45) is 7.88. The largest absolute Gasteiger partial charge is 0.265 e. The summed E-state index contributed by atoms with van der Waals surface area (Å²) in [5, 5.41) is 9.41. The molecule has 0 aliphatic heterocycles. The van der Waals surface area contributed by atoms with Gasteiger partial charge in [0.2, 0.25) is 0 Å². The van der Waals surface area contributed by atoms with Crippen LogP contribution in [0.25, 0.3) is 0 Å². The minimum absolute atomic E-state index is 0.241. The third kappa shape index (κ3) is 1.87. The van der Waals surface area contributed by atoms with E-state index in [2.05, 4.69) is 18.0 Å². The van der Waals surface area contributed by atoms with Gasteiger partial charge in [-0.3, -0.25) is 4.98 Å². The van der Waals surface area contributed by atoms with E-state index < -0.39 is 0 Å². The van der Waals surface area contributed by atoms with E-state index >= 15 is 0 Å². The van der Waals surface area contributed by atoms with Gasteiger partial charge in [-0.2, -0.15) is 5.26 Å². The SMILES string of the molecule is CC1CCC(C#N)(c2ccncc2)CC1. The van der Waals surface area contributed by atoms with Crippen LogP contribution in [-0.4, -0.2) is 4.98 Å². The standard InChI is InChI=1S/C13H16N2/c1-11-2-6-13(10-14,7-3-11)12-4-8-15-9-5-12/h4-5,8-9,11H,2-3,6-7H2,1H3. The number of hydrogen-bond acceptors (Lipinski definition) is 2. The highest BCUT2D eigenvalue weighted by molar-refractivity contribution is 5.31. The van der Waals surface area contributed by atoms with Gasteiger partial charge in [-0.15, -0.1) is 0 Å². The highest BCUT2D eigenvalue weighted by Gasteiger charge is 2.35. The second-order valence-electron chi connectivity index (χ2n) is 4.61. The van der Waals surface area contributed by atoms with Gasteiger partial charge in [-0.1, -0.05) is 6.92 Å². The monoisotopic (exact) mass is 200 g/mol. The van der Waals surface area contributed by atoms with Crippen LogP contribution >= 0.6 is 0 Å². The molecule has 2 rings (SSSR count). The molecule has 0 unspecified atom stereocenters. The predicted molar refractivity (Wildman–Crippen MR) is 59.2 cm³/mol. The average Bonchev–Trinajstić information content (AvgIpc) is 2.32. The van der Waals surface area contributed by atoms with Crippen molar-refractivity contribution in [3.05, 3.63) is 30.1 Å². The maximum absolute atomic E-state index is 9.41. The molecule has 1 fully saturated rings. The molecule has 0 amide bonds. The Morgan fingerprint density at radius 1 is 1.33 bits per heavy atom. The van der Waals surface area contributed by atoms with Crippen molar-refractivity contribution in [2.45, 2.75) is 38.0 Å². The van der Waals surface area contributed by atoms with Crippen molar-refractivity contribution in [2.24, 2.45) is 5.92 Å². The van der Waals surface area contributed by atoms with Crippen molar-refractivity contribution in [1.29, 1.82) is 5.26 Å². The van der Waals surface area contributed by atoms with Crippen LogP contribution in [0.3, 0.4) is 0 Å². The van der Waals surface area contributed by atoms with Crippen molar-refractivity contribution in [3.63, 3.8) is 0 Å². The summed E-state index contributed by atoms with van der Waals surface area (Å²) in [5.74, 6) is 0.772. The maximum atomic E-state index is 9.41. The molecular weight excluding hydrogens is 184 g/mol. The summed E-state index contributed by atoms with van der Waals surface area (Å²) >= 11 is 0. The minimum atomic E-state index is -0.241. The number of aromatic nitrogens is 1. The van der Waals surface area contributed by atoms with E-state index in [1.54, 1.807) is 12.4 Å². The van der Waals surface area contributed by atoms with Crippen LogP contribution in [0.15, 0.2) is 24.5 Å². The van der Waals surface area contributed by atoms with E-state index in [4.69, 9.17) is 0 Å². The van der Waals surface area contributed by atoms with Gasteiger partial charge < -0.3 is 0 Å². The topological polar surface area (TPSA) is 36.7 Å². The van der Waals surface area contributed by atoms with Crippen molar-refractivity contribution in [1.82, 2.24) is 4.98 Å². The quantitative estimate of drug-likeness (QED) is 0.698. The smallest absolute Gasteiger partial charge is 0.0823 e. The fourth-order valence-electron chi connectivity index (χ4n) is 2.39. The van der Waals surface area contributed by atoms with Crippen LogP contribution in [-0.2, 0) is 5.41 Å². The fraction of sp³-hybridized carbons (Fsp3) is 0.538. The Bertz CT molecular complexity index is 356. The molecule has 2 nitrogen and oxygen atoms in total. The van der Waals surface area contributed by atoms with Crippen LogP contribution in [0, 0.1) is 17.2 Å². The van der Waals surface area contributed by atoms with Crippen molar-refractivity contribution < 1.29 is 0 Å². The molecule has 2 heteroatoms. The zero-order valence-corrected chi connectivity index (χ0v) is 9.11. The van der Waals surface area contributed by atoms with Gasteiger partial charge in [0, 0.05) is 12.4 Å². The fourth-order valence-corrected chi connectivity index (χ4v) is 2.39. The van der Waals surface area contributed by atoms with Crippen molar-refractivity contribution >= 4 is 0 Å². The van der Waals surface area contributed by atoms with E-state index in [9.17, 15) is 5.26 Å². The van der Waals surface area contributed by atoms with E-state index in [0.717, 1.165) is 37.2 Å². The molecule has 1 aromatic heterocycles. The molecule has 0 spiro atoms. The van der Waals surface area contributed by atoms with Crippen molar-refractivity contribution in [2.75, 3.05) is 0 Å². The number of nitriles is 1. The summed E-state index contributed by atoms with van der Waals surface area (Å²) in [7, 11) is 0. The zero-order valence-electron chi connectivity index (χ0n) is 9.11. The minimum Gasteiger partial charge on any atom is -0.265 e. The Labute approximate surface area is 91.0 Å². The van der Waals surface area contributed by atoms with Crippen LogP contribution in [0.2, 0.25) is 0 Å². The Morgan fingerprint density at radius 2 is 1.93 bits per heavy atom. The summed E-state index contributed by atoms with van der Waals surface area (Å²) in [6, 6.07) is 6.50. The second kappa shape index (κ2) is 4.02. The summed E-state index contributed by atoms with van der Waals surface area (Å²) in [5.41, 5.74) is 0.905. The Morgan fingerprint density at radius 3 is 2.47 bits per heavy atom. The van der Waals surface area contributed by atoms with Gasteiger partial charge in [0.1, 0.15) is 0 Å². The molecule has 1 aliphatic rings. The molecule has 0 saturated heterocycles. The van der Waals surface area contributed by atoms with Crippen LogP contribution < -0.4 is 0 Å². The highest BCUT2D eigenvalue weighted by atomic mass is 14.6. The maximum Gasteiger partial charge on any atom is 0.0823 e. The Balaban J connectivity index is 2.28. The van der Waals surface area contributed by atoms with Crippen LogP contribution in [0.1, 0.15) is 38.2 Å². The van der Waals surface area contributed by atoms with Gasteiger partial charge in [0.25, 0.3) is 0 Å². The molecule has 1 heterocycles. The highest BCUT2D eigenvalue weighted by Crippen LogP contribution is 2.40. The van der Waals surface area contributed by atoms with Crippen LogP contribution in [0.4, 0.5) is 0 Å². The van der Waals surface area contributed by atoms with Gasteiger partial charge in [0.05, 0.1) is 11.5 Å². The lowest BCUT2D eigenvalue weighted by Gasteiger charge is -2.33. The number of pyridine rings is 1. The summed E-state index contributed by atoms with van der Waals surface area (Å²) in [4.78, 5) is 4.01. The molecule has 15 heavy (non-hydrogen) atoms. The molecule has 0 aromatic carbocycles. The molecule has 0 atom stereocenters. The third-order valence-electron chi connectivity index (χ3n) is 3.57. The van der Waals surface area contributed by atoms with E-state index in [1.165, 1.54) is 0 Å². The van der Waals surface area contributed by atoms with Gasteiger partial charge in [-0.05, 0) is 49.3 Å². The molecule has 1 aliphatic carbocycles. The number of rotatable bonds is 1. The molecule has 1 aromatic rings. The molecule has 0 N–H and O–H groups in total. The van der Waals surface area contributed by atoms with E-state index in [-0.39, 0.29) is 5.41 Å². The molecule has 0 bridgehead atoms. The summed E-state index contributed by atoms with van der Waals surface area (Å²) < 4.78 is 0. The Kier molecular flexibility index (Phi) is 2.73. The van der Waals surface area contributed by atoms with Gasteiger partial charge >= 0.3 is 0 Å². The average molecular weight is 200 g/mol. The molecular formula is C13H16N2. The normalized spacial score (nSPS) is 30.8. The van der Waals surface area contributed by atoms with Crippen LogP contribution in [0.5, 0.6) is 0 Å². The third-order valence-corrected chi connectivity index (χ3v) is 3.57. The molecule has 78 valence electrons. The lowest BCUT2D eigenvalue weighted by molar-refractivity contribution is 0.294. The lowest BCUT2D eigenvalue weighted by atomic mass is 9.68. The van der Waals surface area contributed by atoms with E-state index in [0.29, 0.717) is 0 Å². The predicted octanol–water partition coefficient (Wildman–Crippen LogP) is 3.05.